The fourth-order valence-corrected chi connectivity index (χ4v) is 6.15. The number of benzene rings is 2. The molecule has 2 aromatic carbocycles. The van der Waals surface area contributed by atoms with Crippen molar-refractivity contribution in [3.05, 3.63) is 132 Å². The lowest BCUT2D eigenvalue weighted by Gasteiger charge is -2.22. The summed E-state index contributed by atoms with van der Waals surface area (Å²) in [6, 6.07) is 25.5. The van der Waals surface area contributed by atoms with Crippen molar-refractivity contribution in [3.63, 3.8) is 0 Å². The van der Waals surface area contributed by atoms with E-state index >= 15 is 0 Å². The Morgan fingerprint density at radius 1 is 0.833 bits per heavy atom. The zero-order valence-electron chi connectivity index (χ0n) is 23.4. The molecule has 8 heteroatoms. The van der Waals surface area contributed by atoms with Gasteiger partial charge in [-0.1, -0.05) is 54.6 Å². The number of pyridine rings is 2. The third-order valence-corrected chi connectivity index (χ3v) is 8.50. The topological polar surface area (TPSA) is 99.8 Å². The van der Waals surface area contributed by atoms with Gasteiger partial charge in [0.1, 0.15) is 0 Å². The molecule has 0 fully saturated rings. The standard InChI is InChI=1S/C34H35N5O2S/c40-33(27-13-8-17-36-22-27)39-29(20-28-23-38-31-15-5-4-14-30(28)31)24-42-32(19-25-9-2-1-3-10-25)34(41)37-18-7-12-26-11-6-16-35-21-26/h1-6,8-11,13-17,21-23,29,32,38H,7,12,18-20,24H2,(H,37,41)(H,39,40)/t29-,32+/m0/s1. The predicted molar refractivity (Wildman–Crippen MR) is 169 cm³/mol. The monoisotopic (exact) mass is 577 g/mol. The third-order valence-electron chi connectivity index (χ3n) is 7.12. The molecular weight excluding hydrogens is 542 g/mol. The van der Waals surface area contributed by atoms with E-state index in [0.717, 1.165) is 40.4 Å². The summed E-state index contributed by atoms with van der Waals surface area (Å²) in [5.41, 5.74) is 4.96. The molecule has 0 aliphatic rings. The Labute approximate surface area is 250 Å². The van der Waals surface area contributed by atoms with Crippen LogP contribution in [-0.2, 0) is 24.1 Å². The molecule has 0 unspecified atom stereocenters. The van der Waals surface area contributed by atoms with Crippen LogP contribution in [0.4, 0.5) is 0 Å². The number of H-pyrrole nitrogens is 1. The van der Waals surface area contributed by atoms with Gasteiger partial charge in [0, 0.05) is 60.2 Å². The number of carbonyl (C=O) groups is 2. The molecule has 214 valence electrons. The van der Waals surface area contributed by atoms with Gasteiger partial charge in [-0.3, -0.25) is 19.6 Å². The SMILES string of the molecule is O=C(N[C@H](CS[C@H](Cc1ccccc1)C(=O)NCCCc1cccnc1)Cc1c[nH]c2ccccc12)c1cccnc1. The molecule has 0 radical (unpaired) electrons. The molecule has 0 aliphatic carbocycles. The average molecular weight is 578 g/mol. The van der Waals surface area contributed by atoms with E-state index in [2.05, 4.69) is 49.9 Å². The average Bonchev–Trinajstić information content (AvgIpc) is 3.45. The molecular formula is C34H35N5O2S. The van der Waals surface area contributed by atoms with Crippen molar-refractivity contribution in [2.75, 3.05) is 12.3 Å². The summed E-state index contributed by atoms with van der Waals surface area (Å²) in [6.45, 7) is 0.593. The van der Waals surface area contributed by atoms with Gasteiger partial charge in [0.15, 0.2) is 0 Å². The second kappa shape index (κ2) is 15.0. The molecule has 7 nitrogen and oxygen atoms in total. The minimum absolute atomic E-state index is 0.0134. The molecule has 0 saturated carbocycles. The Hall–Kier alpha value is -4.43. The van der Waals surface area contributed by atoms with Gasteiger partial charge in [-0.25, -0.2) is 0 Å². The number of rotatable bonds is 14. The van der Waals surface area contributed by atoms with Crippen molar-refractivity contribution >= 4 is 34.5 Å². The number of nitrogens with zero attached hydrogens (tertiary/aromatic N) is 2. The van der Waals surface area contributed by atoms with Crippen molar-refractivity contribution in [2.45, 2.75) is 37.0 Å². The molecule has 3 heterocycles. The summed E-state index contributed by atoms with van der Waals surface area (Å²) in [7, 11) is 0. The van der Waals surface area contributed by atoms with Crippen LogP contribution in [0.5, 0.6) is 0 Å². The first kappa shape index (κ1) is 29.1. The van der Waals surface area contributed by atoms with Gasteiger partial charge >= 0.3 is 0 Å². The maximum Gasteiger partial charge on any atom is 0.253 e. The second-order valence-corrected chi connectivity index (χ2v) is 11.5. The summed E-state index contributed by atoms with van der Waals surface area (Å²) < 4.78 is 0. The van der Waals surface area contributed by atoms with Crippen molar-refractivity contribution < 1.29 is 9.59 Å². The number of carbonyl (C=O) groups excluding carboxylic acids is 2. The number of aryl methyl sites for hydroxylation is 1. The zero-order valence-corrected chi connectivity index (χ0v) is 24.2. The molecule has 3 aromatic heterocycles. The fourth-order valence-electron chi connectivity index (χ4n) is 4.94. The number of fused-ring (bicyclic) bond motifs is 1. The molecule has 0 saturated heterocycles. The van der Waals surface area contributed by atoms with Crippen LogP contribution in [-0.4, -0.2) is 50.4 Å². The van der Waals surface area contributed by atoms with E-state index < -0.39 is 0 Å². The summed E-state index contributed by atoms with van der Waals surface area (Å²) in [5, 5.41) is 7.20. The Balaban J connectivity index is 1.28. The number of nitrogens with one attached hydrogen (secondary N) is 3. The van der Waals surface area contributed by atoms with Crippen LogP contribution in [0.3, 0.4) is 0 Å². The highest BCUT2D eigenvalue weighted by atomic mass is 32.2. The van der Waals surface area contributed by atoms with E-state index in [4.69, 9.17) is 0 Å². The maximum absolute atomic E-state index is 13.5. The first-order chi connectivity index (χ1) is 20.7. The summed E-state index contributed by atoms with van der Waals surface area (Å²) >= 11 is 1.59. The lowest BCUT2D eigenvalue weighted by Crippen LogP contribution is -2.40. The van der Waals surface area contributed by atoms with Crippen LogP contribution in [0.15, 0.2) is 110 Å². The van der Waals surface area contributed by atoms with Gasteiger partial charge < -0.3 is 15.6 Å². The number of hydrogen-bond donors (Lipinski definition) is 3. The molecule has 5 aromatic rings. The lowest BCUT2D eigenvalue weighted by atomic mass is 10.1. The van der Waals surface area contributed by atoms with E-state index in [1.54, 1.807) is 42.5 Å². The van der Waals surface area contributed by atoms with E-state index in [1.165, 1.54) is 0 Å². The number of thioether (sulfide) groups is 1. The second-order valence-electron chi connectivity index (χ2n) is 10.2. The van der Waals surface area contributed by atoms with Gasteiger partial charge in [-0.15, -0.1) is 11.8 Å². The minimum atomic E-state index is -0.299. The lowest BCUT2D eigenvalue weighted by molar-refractivity contribution is -0.120. The Morgan fingerprint density at radius 2 is 1.60 bits per heavy atom. The first-order valence-corrected chi connectivity index (χ1v) is 15.3. The van der Waals surface area contributed by atoms with Crippen LogP contribution in [0.25, 0.3) is 10.9 Å². The number of aromatic amines is 1. The molecule has 2 amide bonds. The van der Waals surface area contributed by atoms with Crippen LogP contribution < -0.4 is 10.6 Å². The highest BCUT2D eigenvalue weighted by Crippen LogP contribution is 2.23. The van der Waals surface area contributed by atoms with E-state index in [9.17, 15) is 9.59 Å². The van der Waals surface area contributed by atoms with Crippen LogP contribution in [0.1, 0.15) is 33.5 Å². The van der Waals surface area contributed by atoms with Gasteiger partial charge in [0.2, 0.25) is 5.91 Å². The van der Waals surface area contributed by atoms with Crippen molar-refractivity contribution in [3.8, 4) is 0 Å². The molecule has 2 atom stereocenters. The molecule has 0 spiro atoms. The summed E-state index contributed by atoms with van der Waals surface area (Å²) in [5.74, 6) is 0.416. The van der Waals surface area contributed by atoms with Crippen molar-refractivity contribution in [2.24, 2.45) is 0 Å². The molecule has 42 heavy (non-hydrogen) atoms. The highest BCUT2D eigenvalue weighted by Gasteiger charge is 2.23. The van der Waals surface area contributed by atoms with Crippen LogP contribution in [0.2, 0.25) is 0 Å². The molecule has 0 bridgehead atoms. The normalized spacial score (nSPS) is 12.5. The van der Waals surface area contributed by atoms with Gasteiger partial charge in [-0.05, 0) is 66.6 Å². The largest absolute Gasteiger partial charge is 0.361 e. The zero-order chi connectivity index (χ0) is 29.0. The quantitative estimate of drug-likeness (QED) is 0.154. The smallest absolute Gasteiger partial charge is 0.253 e. The van der Waals surface area contributed by atoms with Gasteiger partial charge in [0.05, 0.1) is 10.8 Å². The molecule has 0 aliphatic heterocycles. The predicted octanol–water partition coefficient (Wildman–Crippen LogP) is 5.39. The van der Waals surface area contributed by atoms with Gasteiger partial charge in [-0.2, -0.15) is 0 Å². The first-order valence-electron chi connectivity index (χ1n) is 14.2. The number of para-hydroxylation sites is 1. The Kier molecular flexibility index (Phi) is 10.4. The summed E-state index contributed by atoms with van der Waals surface area (Å²) in [4.78, 5) is 38.2. The number of amides is 2. The van der Waals surface area contributed by atoms with Crippen molar-refractivity contribution in [1.82, 2.24) is 25.6 Å². The Morgan fingerprint density at radius 3 is 2.38 bits per heavy atom. The van der Waals surface area contributed by atoms with Crippen LogP contribution >= 0.6 is 11.8 Å². The number of aromatic nitrogens is 3. The molecule has 5 rings (SSSR count). The van der Waals surface area contributed by atoms with Gasteiger partial charge in [0.25, 0.3) is 5.91 Å². The van der Waals surface area contributed by atoms with E-state index in [-0.39, 0.29) is 23.1 Å². The van der Waals surface area contributed by atoms with E-state index in [0.29, 0.717) is 30.7 Å². The van der Waals surface area contributed by atoms with Crippen LogP contribution in [0, 0.1) is 0 Å². The minimum Gasteiger partial charge on any atom is -0.361 e. The van der Waals surface area contributed by atoms with Crippen molar-refractivity contribution in [1.29, 1.82) is 0 Å². The number of hydrogen-bond acceptors (Lipinski definition) is 5. The Bertz CT molecular complexity index is 1560. The van der Waals surface area contributed by atoms with E-state index in [1.807, 2.05) is 54.9 Å². The highest BCUT2D eigenvalue weighted by molar-refractivity contribution is 8.00. The maximum atomic E-state index is 13.5. The molecule has 3 N–H and O–H groups in total. The fraction of sp³-hybridized carbons (Fsp3) is 0.235. The third kappa shape index (κ3) is 8.30. The summed E-state index contributed by atoms with van der Waals surface area (Å²) in [6.07, 6.45) is 11.8.